The van der Waals surface area contributed by atoms with Gasteiger partial charge in [-0.05, 0) is 6.42 Å². The minimum atomic E-state index is -1.48. The summed E-state index contributed by atoms with van der Waals surface area (Å²) in [5.74, 6) is 0. The lowest BCUT2D eigenvalue weighted by Gasteiger charge is -2.39. The Bertz CT molecular complexity index is 440. The molecule has 2 heterocycles. The van der Waals surface area contributed by atoms with Crippen LogP contribution in [0.5, 0.6) is 0 Å². The van der Waals surface area contributed by atoms with Crippen LogP contribution in [-0.4, -0.2) is 71.5 Å². The van der Waals surface area contributed by atoms with Crippen LogP contribution >= 0.6 is 0 Å². The van der Waals surface area contributed by atoms with Gasteiger partial charge in [0.05, 0.1) is 18.9 Å². The van der Waals surface area contributed by atoms with Crippen LogP contribution in [0.2, 0.25) is 0 Å². The second kappa shape index (κ2) is 6.12. The van der Waals surface area contributed by atoms with Gasteiger partial charge in [-0.15, -0.1) is 5.10 Å². The van der Waals surface area contributed by atoms with Crippen LogP contribution in [0, 0.1) is 0 Å². The maximum Gasteiger partial charge on any atom is 0.180 e. The molecule has 0 bridgehead atoms. The number of aliphatic hydroxyl groups excluding tert-OH is 5. The van der Waals surface area contributed by atoms with Crippen molar-refractivity contribution in [2.24, 2.45) is 0 Å². The molecule has 6 atom stereocenters. The van der Waals surface area contributed by atoms with Crippen molar-refractivity contribution >= 4 is 0 Å². The van der Waals surface area contributed by atoms with E-state index in [0.29, 0.717) is 12.1 Å². The van der Waals surface area contributed by atoms with Crippen molar-refractivity contribution in [1.82, 2.24) is 15.0 Å². The van der Waals surface area contributed by atoms with Crippen molar-refractivity contribution in [2.75, 3.05) is 6.61 Å². The Morgan fingerprint density at radius 2 is 2.00 bits per heavy atom. The number of rotatable bonds is 4. The molecular formula is C11H19N3O6. The molecule has 0 saturated carbocycles. The molecule has 1 saturated heterocycles. The predicted molar refractivity (Wildman–Crippen MR) is 64.3 cm³/mol. The number of ether oxygens (including phenoxy) is 1. The van der Waals surface area contributed by atoms with Crippen molar-refractivity contribution in [3.05, 3.63) is 11.9 Å². The van der Waals surface area contributed by atoms with Crippen LogP contribution in [0.25, 0.3) is 0 Å². The lowest BCUT2D eigenvalue weighted by Crippen LogP contribution is -2.56. The highest BCUT2D eigenvalue weighted by Crippen LogP contribution is 2.28. The molecule has 9 heteroatoms. The van der Waals surface area contributed by atoms with E-state index in [0.717, 1.165) is 4.68 Å². The molecule has 9 nitrogen and oxygen atoms in total. The van der Waals surface area contributed by atoms with Gasteiger partial charge < -0.3 is 30.3 Å². The van der Waals surface area contributed by atoms with E-state index < -0.39 is 43.4 Å². The fourth-order valence-electron chi connectivity index (χ4n) is 2.08. The van der Waals surface area contributed by atoms with Gasteiger partial charge in [-0.25, -0.2) is 4.68 Å². The van der Waals surface area contributed by atoms with Gasteiger partial charge in [-0.1, -0.05) is 12.1 Å². The quantitative estimate of drug-likeness (QED) is 0.416. The number of aliphatic hydroxyl groups is 5. The van der Waals surface area contributed by atoms with Crippen molar-refractivity contribution in [2.45, 2.75) is 50.1 Å². The highest BCUT2D eigenvalue weighted by molar-refractivity contribution is 4.99. The zero-order valence-corrected chi connectivity index (χ0v) is 10.9. The molecule has 0 aliphatic carbocycles. The third kappa shape index (κ3) is 2.68. The van der Waals surface area contributed by atoms with Crippen molar-refractivity contribution in [3.63, 3.8) is 0 Å². The highest BCUT2D eigenvalue weighted by atomic mass is 16.6. The minimum absolute atomic E-state index is 0.310. The first-order valence-electron chi connectivity index (χ1n) is 6.39. The van der Waals surface area contributed by atoms with Gasteiger partial charge in [-0.3, -0.25) is 0 Å². The third-order valence-corrected chi connectivity index (χ3v) is 3.38. The Morgan fingerprint density at radius 1 is 1.30 bits per heavy atom. The zero-order valence-electron chi connectivity index (χ0n) is 10.9. The Kier molecular flexibility index (Phi) is 4.68. The summed E-state index contributed by atoms with van der Waals surface area (Å²) in [5, 5.41) is 55.5. The summed E-state index contributed by atoms with van der Waals surface area (Å²) in [4.78, 5) is 0. The van der Waals surface area contributed by atoms with Crippen LogP contribution < -0.4 is 0 Å². The van der Waals surface area contributed by atoms with Gasteiger partial charge in [-0.2, -0.15) is 0 Å². The van der Waals surface area contributed by atoms with E-state index >= 15 is 0 Å². The van der Waals surface area contributed by atoms with Crippen molar-refractivity contribution in [3.8, 4) is 0 Å². The molecule has 1 aromatic rings. The van der Waals surface area contributed by atoms with Gasteiger partial charge in [0.1, 0.15) is 30.1 Å². The molecule has 1 aliphatic heterocycles. The maximum absolute atomic E-state index is 9.91. The van der Waals surface area contributed by atoms with Crippen molar-refractivity contribution in [1.29, 1.82) is 0 Å². The Morgan fingerprint density at radius 3 is 2.60 bits per heavy atom. The normalized spacial score (nSPS) is 36.0. The first-order chi connectivity index (χ1) is 9.49. The molecule has 114 valence electrons. The summed E-state index contributed by atoms with van der Waals surface area (Å²) >= 11 is 0. The molecule has 5 N–H and O–H groups in total. The Hall–Kier alpha value is -1.10. The van der Waals surface area contributed by atoms with Gasteiger partial charge >= 0.3 is 0 Å². The summed E-state index contributed by atoms with van der Waals surface area (Å²) in [6.07, 6.45) is -5.38. The predicted octanol–water partition coefficient (Wildman–Crippen LogP) is -2.31. The molecule has 0 radical (unpaired) electrons. The van der Waals surface area contributed by atoms with Gasteiger partial charge in [0.15, 0.2) is 6.23 Å². The average molecular weight is 289 g/mol. The summed E-state index contributed by atoms with van der Waals surface area (Å²) in [5.41, 5.74) is 0.310. The molecule has 1 aromatic heterocycles. The van der Waals surface area contributed by atoms with E-state index in [9.17, 15) is 20.4 Å². The molecule has 2 rings (SSSR count). The second-order valence-electron chi connectivity index (χ2n) is 4.77. The Labute approximate surface area is 115 Å². The molecule has 1 aliphatic rings. The topological polar surface area (TPSA) is 141 Å². The monoisotopic (exact) mass is 289 g/mol. The average Bonchev–Trinajstić information content (AvgIpc) is 2.94. The SMILES string of the molecule is CCC(O)c1cn([C@@H]2O[C@H](CO)[C@H](O)[C@H](O)[C@H]2O)nn1. The summed E-state index contributed by atoms with van der Waals surface area (Å²) in [6, 6.07) is 0. The molecule has 0 amide bonds. The number of aromatic nitrogens is 3. The molecule has 20 heavy (non-hydrogen) atoms. The lowest BCUT2D eigenvalue weighted by molar-refractivity contribution is -0.254. The molecule has 0 spiro atoms. The highest BCUT2D eigenvalue weighted by Gasteiger charge is 2.44. The van der Waals surface area contributed by atoms with E-state index in [1.807, 2.05) is 0 Å². The van der Waals surface area contributed by atoms with E-state index in [2.05, 4.69) is 10.3 Å². The van der Waals surface area contributed by atoms with E-state index in [1.165, 1.54) is 6.20 Å². The lowest BCUT2D eigenvalue weighted by atomic mass is 9.98. The minimum Gasteiger partial charge on any atom is -0.394 e. The first kappa shape index (κ1) is 15.3. The molecule has 1 fully saturated rings. The zero-order chi connectivity index (χ0) is 14.9. The fourth-order valence-corrected chi connectivity index (χ4v) is 2.08. The van der Waals surface area contributed by atoms with Gasteiger partial charge in [0, 0.05) is 0 Å². The number of nitrogens with zero attached hydrogens (tertiary/aromatic N) is 3. The molecule has 1 unspecified atom stereocenters. The third-order valence-electron chi connectivity index (χ3n) is 3.38. The molecule has 0 aromatic carbocycles. The molecular weight excluding hydrogens is 270 g/mol. The van der Waals surface area contributed by atoms with Gasteiger partial charge in [0.2, 0.25) is 0 Å². The van der Waals surface area contributed by atoms with E-state index in [-0.39, 0.29) is 0 Å². The second-order valence-corrected chi connectivity index (χ2v) is 4.77. The number of hydrogen-bond donors (Lipinski definition) is 5. The van der Waals surface area contributed by atoms with Crippen LogP contribution in [0.3, 0.4) is 0 Å². The standard InChI is InChI=1S/C11H19N3O6/c1-2-6(16)5-3-14(13-12-5)11-10(19)9(18)8(17)7(4-15)20-11/h3,6-11,15-19H,2,4H2,1H3/t6?,7-,8+,9+,10-,11-/m1/s1. The van der Waals surface area contributed by atoms with Crippen LogP contribution in [-0.2, 0) is 4.74 Å². The van der Waals surface area contributed by atoms with Crippen molar-refractivity contribution < 1.29 is 30.3 Å². The van der Waals surface area contributed by atoms with Crippen LogP contribution in [0.1, 0.15) is 31.4 Å². The summed E-state index contributed by atoms with van der Waals surface area (Å²) < 4.78 is 6.46. The maximum atomic E-state index is 9.91. The van der Waals surface area contributed by atoms with Crippen LogP contribution in [0.4, 0.5) is 0 Å². The van der Waals surface area contributed by atoms with Crippen LogP contribution in [0.15, 0.2) is 6.20 Å². The van der Waals surface area contributed by atoms with Gasteiger partial charge in [0.25, 0.3) is 0 Å². The summed E-state index contributed by atoms with van der Waals surface area (Å²) in [7, 11) is 0. The smallest absolute Gasteiger partial charge is 0.180 e. The largest absolute Gasteiger partial charge is 0.394 e. The Balaban J connectivity index is 2.20. The first-order valence-corrected chi connectivity index (χ1v) is 6.39. The fraction of sp³-hybridized carbons (Fsp3) is 0.818. The number of hydrogen-bond acceptors (Lipinski definition) is 8. The van der Waals surface area contributed by atoms with E-state index in [4.69, 9.17) is 9.84 Å². The summed E-state index contributed by atoms with van der Waals surface area (Å²) in [6.45, 7) is 1.26. The van der Waals surface area contributed by atoms with E-state index in [1.54, 1.807) is 6.92 Å².